The maximum Gasteiger partial charge on any atom is 0.195 e. The van der Waals surface area contributed by atoms with E-state index in [0.717, 1.165) is 20.8 Å². The first-order valence-corrected chi connectivity index (χ1v) is 5.37. The highest BCUT2D eigenvalue weighted by Crippen LogP contribution is 2.48. The van der Waals surface area contributed by atoms with Gasteiger partial charge in [0.05, 0.1) is 0 Å². The van der Waals surface area contributed by atoms with Crippen molar-refractivity contribution < 1.29 is 30.0 Å². The normalized spacial score (nSPS) is 52.6. The van der Waals surface area contributed by atoms with Crippen LogP contribution >= 0.6 is 0 Å². The molecule has 6 nitrogen and oxygen atoms in total. The van der Waals surface area contributed by atoms with Crippen molar-refractivity contribution in [3.63, 3.8) is 0 Å². The lowest BCUT2D eigenvalue weighted by atomic mass is 9.64. The Balaban J connectivity index is 0.00000289. The zero-order chi connectivity index (χ0) is 13.9. The summed E-state index contributed by atoms with van der Waals surface area (Å²) in [4.78, 5) is 11.4. The van der Waals surface area contributed by atoms with Gasteiger partial charge in [-0.1, -0.05) is 7.43 Å². The van der Waals surface area contributed by atoms with E-state index in [9.17, 15) is 25.2 Å². The summed E-state index contributed by atoms with van der Waals surface area (Å²) in [6.07, 6.45) is -1.42. The second-order valence-corrected chi connectivity index (χ2v) is 5.38. The largest absolute Gasteiger partial charge is 0.384 e. The minimum absolute atomic E-state index is 0. The van der Waals surface area contributed by atoms with Crippen LogP contribution in [0.5, 0.6) is 0 Å². The number of carbonyl (C=O) groups is 1. The van der Waals surface area contributed by atoms with Gasteiger partial charge in [-0.2, -0.15) is 0 Å². The van der Waals surface area contributed by atoms with Crippen LogP contribution in [0.3, 0.4) is 0 Å². The minimum atomic E-state index is -2.16. The van der Waals surface area contributed by atoms with Gasteiger partial charge in [-0.3, -0.25) is 4.79 Å². The molecule has 0 aliphatic carbocycles. The fourth-order valence-electron chi connectivity index (χ4n) is 2.14. The third-order valence-electron chi connectivity index (χ3n) is 4.06. The Morgan fingerprint density at radius 3 is 1.72 bits per heavy atom. The Labute approximate surface area is 107 Å². The first-order chi connectivity index (χ1) is 7.29. The van der Waals surface area contributed by atoms with Crippen LogP contribution in [0.15, 0.2) is 0 Å². The quantitative estimate of drug-likeness (QED) is 0.512. The third-order valence-corrected chi connectivity index (χ3v) is 4.06. The van der Waals surface area contributed by atoms with Gasteiger partial charge >= 0.3 is 0 Å². The van der Waals surface area contributed by atoms with Crippen molar-refractivity contribution in [3.8, 4) is 0 Å². The number of hydrogen-bond donors (Lipinski definition) is 4. The summed E-state index contributed by atoms with van der Waals surface area (Å²) in [7, 11) is 0. The van der Waals surface area contributed by atoms with E-state index in [0.29, 0.717) is 0 Å². The minimum Gasteiger partial charge on any atom is -0.384 e. The summed E-state index contributed by atoms with van der Waals surface area (Å²) < 4.78 is 5.05. The molecule has 0 aromatic heterocycles. The van der Waals surface area contributed by atoms with E-state index in [1.54, 1.807) is 0 Å². The first-order valence-electron chi connectivity index (χ1n) is 5.37. The van der Waals surface area contributed by atoms with Crippen molar-refractivity contribution in [2.24, 2.45) is 0 Å². The Bertz CT molecular complexity index is 342. The molecule has 18 heavy (non-hydrogen) atoms. The van der Waals surface area contributed by atoms with Gasteiger partial charge in [0.15, 0.2) is 17.7 Å². The smallest absolute Gasteiger partial charge is 0.195 e. The highest BCUT2D eigenvalue weighted by Gasteiger charge is 2.70. The molecule has 1 heterocycles. The predicted octanol–water partition coefficient (Wildman–Crippen LogP) is -0.428. The molecule has 0 radical (unpaired) electrons. The molecule has 2 unspecified atom stereocenters. The summed E-state index contributed by atoms with van der Waals surface area (Å²) in [6, 6.07) is 0. The van der Waals surface area contributed by atoms with Gasteiger partial charge in [-0.25, -0.2) is 0 Å². The molecule has 0 bridgehead atoms. The molecule has 1 rings (SSSR count). The highest BCUT2D eigenvalue weighted by atomic mass is 16.7. The van der Waals surface area contributed by atoms with Gasteiger partial charge in [0.25, 0.3) is 0 Å². The predicted molar refractivity (Wildman–Crippen MR) is 64.8 cm³/mol. The van der Waals surface area contributed by atoms with E-state index < -0.39 is 34.5 Å². The Hall–Kier alpha value is -0.530. The van der Waals surface area contributed by atoms with Crippen molar-refractivity contribution in [2.75, 3.05) is 0 Å². The Morgan fingerprint density at radius 2 is 1.39 bits per heavy atom. The van der Waals surface area contributed by atoms with Crippen LogP contribution in [0.25, 0.3) is 0 Å². The van der Waals surface area contributed by atoms with E-state index in [4.69, 9.17) is 4.74 Å². The van der Waals surface area contributed by atoms with E-state index >= 15 is 0 Å². The van der Waals surface area contributed by atoms with Crippen LogP contribution in [-0.4, -0.2) is 54.9 Å². The van der Waals surface area contributed by atoms with Crippen molar-refractivity contribution in [3.05, 3.63) is 0 Å². The van der Waals surface area contributed by atoms with Gasteiger partial charge in [0.1, 0.15) is 16.8 Å². The molecule has 0 spiro atoms. The van der Waals surface area contributed by atoms with Gasteiger partial charge in [0, 0.05) is 0 Å². The molecule has 0 saturated carbocycles. The summed E-state index contributed by atoms with van der Waals surface area (Å²) in [5, 5.41) is 40.7. The summed E-state index contributed by atoms with van der Waals surface area (Å²) in [6.45, 7) is 5.78. The molecule has 0 aromatic rings. The van der Waals surface area contributed by atoms with Crippen LogP contribution < -0.4 is 0 Å². The Kier molecular flexibility index (Phi) is 4.12. The number of ether oxygens (including phenoxy) is 1. The van der Waals surface area contributed by atoms with Gasteiger partial charge in [0.2, 0.25) is 0 Å². The molecular weight excluding hydrogens is 240 g/mol. The fraction of sp³-hybridized carbons (Fsp3) is 0.917. The molecular formula is C12H24O6. The lowest BCUT2D eigenvalue weighted by Crippen LogP contribution is -2.81. The van der Waals surface area contributed by atoms with Crippen molar-refractivity contribution in [2.45, 2.75) is 70.7 Å². The third kappa shape index (κ3) is 1.88. The topological polar surface area (TPSA) is 107 Å². The monoisotopic (exact) mass is 264 g/mol. The van der Waals surface area contributed by atoms with Gasteiger partial charge < -0.3 is 25.2 Å². The first kappa shape index (κ1) is 17.5. The number of ketones is 1. The van der Waals surface area contributed by atoms with E-state index in [1.807, 2.05) is 0 Å². The van der Waals surface area contributed by atoms with Crippen LogP contribution in [0, 0.1) is 0 Å². The zero-order valence-corrected chi connectivity index (χ0v) is 10.7. The lowest BCUT2D eigenvalue weighted by molar-refractivity contribution is -0.414. The van der Waals surface area contributed by atoms with Gasteiger partial charge in [-0.05, 0) is 34.6 Å². The second-order valence-electron chi connectivity index (χ2n) is 5.38. The standard InChI is InChI=1S/C11H20O6.CH4/c1-6(12)7-8(2,13)9(3,14)10(4,15)11(5,16)17-7;/h7,13-16H,1-5H3;1H4/t7?,8-,9?,10+,11-;/m1./s1. The van der Waals surface area contributed by atoms with Crippen molar-refractivity contribution in [1.82, 2.24) is 0 Å². The number of rotatable bonds is 1. The average Bonchev–Trinajstić information content (AvgIpc) is 2.11. The molecule has 5 atom stereocenters. The molecule has 0 aromatic carbocycles. The SMILES string of the molecule is C.CC(=O)C1O[C@@](C)(O)[C@@](C)(O)C(C)(O)[C@]1(C)O. The van der Waals surface area contributed by atoms with Crippen LogP contribution in [0.4, 0.5) is 0 Å². The van der Waals surface area contributed by atoms with Crippen LogP contribution in [0.1, 0.15) is 42.0 Å². The molecule has 108 valence electrons. The Morgan fingerprint density at radius 1 is 1.00 bits per heavy atom. The fourth-order valence-corrected chi connectivity index (χ4v) is 2.14. The molecule has 0 amide bonds. The molecule has 1 aliphatic rings. The highest BCUT2D eigenvalue weighted by molar-refractivity contribution is 5.82. The summed E-state index contributed by atoms with van der Waals surface area (Å²) in [5.41, 5.74) is -6.29. The maximum atomic E-state index is 11.4. The number of hydrogen-bond acceptors (Lipinski definition) is 6. The molecule has 1 saturated heterocycles. The lowest BCUT2D eigenvalue weighted by Gasteiger charge is -2.59. The number of carbonyl (C=O) groups excluding carboxylic acids is 1. The van der Waals surface area contributed by atoms with Crippen molar-refractivity contribution in [1.29, 1.82) is 0 Å². The summed E-state index contributed by atoms with van der Waals surface area (Å²) in [5.74, 6) is -2.71. The number of aliphatic hydroxyl groups is 4. The van der Waals surface area contributed by atoms with E-state index in [1.165, 1.54) is 13.8 Å². The van der Waals surface area contributed by atoms with Crippen LogP contribution in [0.2, 0.25) is 0 Å². The number of Topliss-reactive ketones (excluding diaryl/α,β-unsaturated/α-hetero) is 1. The van der Waals surface area contributed by atoms with E-state index in [-0.39, 0.29) is 7.43 Å². The maximum absolute atomic E-state index is 11.4. The molecule has 4 N–H and O–H groups in total. The molecule has 1 aliphatic heterocycles. The molecule has 1 fully saturated rings. The van der Waals surface area contributed by atoms with E-state index in [2.05, 4.69) is 0 Å². The average molecular weight is 264 g/mol. The second kappa shape index (κ2) is 4.25. The molecule has 6 heteroatoms. The zero-order valence-electron chi connectivity index (χ0n) is 10.7. The summed E-state index contributed by atoms with van der Waals surface area (Å²) >= 11 is 0. The van der Waals surface area contributed by atoms with Crippen molar-refractivity contribution >= 4 is 5.78 Å². The van der Waals surface area contributed by atoms with Crippen LogP contribution in [-0.2, 0) is 9.53 Å². The van der Waals surface area contributed by atoms with Gasteiger partial charge in [-0.15, -0.1) is 0 Å².